The lowest BCUT2D eigenvalue weighted by Gasteiger charge is -2.13. The van der Waals surface area contributed by atoms with Gasteiger partial charge >= 0.3 is 6.18 Å². The summed E-state index contributed by atoms with van der Waals surface area (Å²) in [6.07, 6.45) is 2.51. The van der Waals surface area contributed by atoms with Gasteiger partial charge in [0.1, 0.15) is 5.75 Å². The zero-order chi connectivity index (χ0) is 20.4. The van der Waals surface area contributed by atoms with Crippen LogP contribution in [0.5, 0.6) is 5.75 Å². The number of ether oxygens (including phenoxy) is 1. The third kappa shape index (κ3) is 7.13. The molecule has 0 saturated carbocycles. The number of nitrogens with zero attached hydrogens (tertiary/aromatic N) is 2. The van der Waals surface area contributed by atoms with Crippen LogP contribution in [0.3, 0.4) is 0 Å². The highest BCUT2D eigenvalue weighted by Gasteiger charge is 2.28. The summed E-state index contributed by atoms with van der Waals surface area (Å²) < 4.78 is 41.8. The Morgan fingerprint density at radius 1 is 1.33 bits per heavy atom. The number of pyridine rings is 1. The van der Waals surface area contributed by atoms with Gasteiger partial charge in [-0.2, -0.15) is 13.2 Å². The second-order valence-electron chi connectivity index (χ2n) is 5.12. The van der Waals surface area contributed by atoms with Crippen molar-refractivity contribution in [2.75, 3.05) is 6.61 Å². The molecular formula is C19H24F3N3OS. The molecule has 2 aromatic heterocycles. The van der Waals surface area contributed by atoms with Gasteiger partial charge in [-0.05, 0) is 32.1 Å². The van der Waals surface area contributed by atoms with Crippen LogP contribution in [0.4, 0.5) is 13.2 Å². The van der Waals surface area contributed by atoms with E-state index in [1.165, 1.54) is 24.0 Å². The topological polar surface area (TPSA) is 50.8 Å². The number of aromatic nitrogens is 3. The van der Waals surface area contributed by atoms with Crippen molar-refractivity contribution in [2.45, 2.75) is 44.8 Å². The minimum Gasteiger partial charge on any atom is -0.484 e. The van der Waals surface area contributed by atoms with Crippen molar-refractivity contribution in [3.05, 3.63) is 47.6 Å². The second-order valence-corrected chi connectivity index (χ2v) is 6.08. The van der Waals surface area contributed by atoms with Crippen LogP contribution in [0.25, 0.3) is 12.2 Å². The molecule has 0 unspecified atom stereocenters. The van der Waals surface area contributed by atoms with Gasteiger partial charge in [0.2, 0.25) is 0 Å². The summed E-state index contributed by atoms with van der Waals surface area (Å²) in [4.78, 5) is 11.8. The number of allylic oxidation sites excluding steroid dienone is 1. The Kier molecular flexibility index (Phi) is 9.14. The number of aromatic amines is 1. The summed E-state index contributed by atoms with van der Waals surface area (Å²) in [5.74, 6) is 0.637. The summed E-state index contributed by atoms with van der Waals surface area (Å²) in [5, 5.41) is 0.686. The standard InChI is InChI=1S/C17H18F3N3OS.C2H6/c1-4-6-13-12(5-2)22-16(23-13)25-9-14-11(3)15(7-8-21-14)24-10-17(18,19)20;1-2/h4-8H,2,9-10H2,1,3H3,(H,22,23);1-2H3/b6-4-;. The highest BCUT2D eigenvalue weighted by Crippen LogP contribution is 2.28. The number of thioether (sulfide) groups is 1. The fourth-order valence-corrected chi connectivity index (χ4v) is 2.96. The summed E-state index contributed by atoms with van der Waals surface area (Å²) in [6, 6.07) is 1.43. The Morgan fingerprint density at radius 2 is 2.04 bits per heavy atom. The van der Waals surface area contributed by atoms with Gasteiger partial charge in [-0.1, -0.05) is 38.3 Å². The monoisotopic (exact) mass is 399 g/mol. The Bertz CT molecular complexity index is 770. The first kappa shape index (κ1) is 22.8. The van der Waals surface area contributed by atoms with Crippen LogP contribution in [-0.2, 0) is 5.75 Å². The lowest BCUT2D eigenvalue weighted by molar-refractivity contribution is -0.153. The Labute approximate surface area is 162 Å². The first-order valence-corrected chi connectivity index (χ1v) is 9.44. The first-order chi connectivity index (χ1) is 12.8. The zero-order valence-electron chi connectivity index (χ0n) is 15.9. The molecule has 4 nitrogen and oxygen atoms in total. The molecule has 2 heterocycles. The minimum atomic E-state index is -4.37. The predicted molar refractivity (Wildman–Crippen MR) is 105 cm³/mol. The van der Waals surface area contributed by atoms with Gasteiger partial charge in [0.15, 0.2) is 11.8 Å². The van der Waals surface area contributed by atoms with Crippen LogP contribution in [-0.4, -0.2) is 27.7 Å². The van der Waals surface area contributed by atoms with Crippen molar-refractivity contribution in [3.63, 3.8) is 0 Å². The van der Waals surface area contributed by atoms with E-state index in [4.69, 9.17) is 4.74 Å². The predicted octanol–water partition coefficient (Wildman–Crippen LogP) is 6.05. The minimum absolute atomic E-state index is 0.184. The number of imidazole rings is 1. The van der Waals surface area contributed by atoms with E-state index < -0.39 is 12.8 Å². The molecular weight excluding hydrogens is 375 g/mol. The van der Waals surface area contributed by atoms with E-state index in [2.05, 4.69) is 21.5 Å². The van der Waals surface area contributed by atoms with Gasteiger partial charge in [0.25, 0.3) is 0 Å². The maximum absolute atomic E-state index is 12.3. The number of alkyl halides is 3. The van der Waals surface area contributed by atoms with Crippen LogP contribution in [0.1, 0.15) is 43.4 Å². The molecule has 0 spiro atoms. The Morgan fingerprint density at radius 3 is 2.63 bits per heavy atom. The van der Waals surface area contributed by atoms with Crippen molar-refractivity contribution >= 4 is 23.9 Å². The van der Waals surface area contributed by atoms with E-state index in [1.54, 1.807) is 13.0 Å². The van der Waals surface area contributed by atoms with Crippen molar-refractivity contribution in [1.82, 2.24) is 15.0 Å². The van der Waals surface area contributed by atoms with Gasteiger partial charge < -0.3 is 9.72 Å². The third-order valence-electron chi connectivity index (χ3n) is 3.26. The Hall–Kier alpha value is -2.22. The number of rotatable bonds is 7. The van der Waals surface area contributed by atoms with E-state index in [9.17, 15) is 13.2 Å². The SMILES string of the molecule is C=Cc1nc(SCc2nccc(OCC(F)(F)F)c2C)[nH]c1/C=C\C.CC. The van der Waals surface area contributed by atoms with Gasteiger partial charge in [0.05, 0.1) is 17.1 Å². The molecule has 0 amide bonds. The number of H-pyrrole nitrogens is 1. The van der Waals surface area contributed by atoms with E-state index in [0.717, 1.165) is 11.4 Å². The molecule has 27 heavy (non-hydrogen) atoms. The summed E-state index contributed by atoms with van der Waals surface area (Å²) in [7, 11) is 0. The lowest BCUT2D eigenvalue weighted by atomic mass is 10.2. The summed E-state index contributed by atoms with van der Waals surface area (Å²) in [6.45, 7) is 10.00. The quantitative estimate of drug-likeness (QED) is 0.576. The molecule has 0 aliphatic heterocycles. The average molecular weight is 399 g/mol. The molecule has 0 aliphatic carbocycles. The average Bonchev–Trinajstić information content (AvgIpc) is 3.03. The molecule has 0 aliphatic rings. The molecule has 0 fully saturated rings. The molecule has 8 heteroatoms. The van der Waals surface area contributed by atoms with Crippen molar-refractivity contribution < 1.29 is 17.9 Å². The van der Waals surface area contributed by atoms with E-state index >= 15 is 0 Å². The highest BCUT2D eigenvalue weighted by atomic mass is 32.2. The van der Waals surface area contributed by atoms with Gasteiger partial charge in [-0.15, -0.1) is 0 Å². The van der Waals surface area contributed by atoms with E-state index in [1.807, 2.05) is 32.9 Å². The number of halogens is 3. The van der Waals surface area contributed by atoms with Crippen molar-refractivity contribution in [3.8, 4) is 5.75 Å². The van der Waals surface area contributed by atoms with Gasteiger partial charge in [-0.25, -0.2) is 4.98 Å². The van der Waals surface area contributed by atoms with Crippen LogP contribution in [0.2, 0.25) is 0 Å². The van der Waals surface area contributed by atoms with E-state index in [-0.39, 0.29) is 5.75 Å². The molecule has 0 atom stereocenters. The van der Waals surface area contributed by atoms with E-state index in [0.29, 0.717) is 22.2 Å². The number of nitrogens with one attached hydrogen (secondary N) is 1. The maximum Gasteiger partial charge on any atom is 0.422 e. The smallest absolute Gasteiger partial charge is 0.422 e. The van der Waals surface area contributed by atoms with Crippen molar-refractivity contribution in [1.29, 1.82) is 0 Å². The molecule has 2 aromatic rings. The normalized spacial score (nSPS) is 11.2. The highest BCUT2D eigenvalue weighted by molar-refractivity contribution is 7.98. The summed E-state index contributed by atoms with van der Waals surface area (Å²) in [5.41, 5.74) is 2.83. The molecule has 0 saturated heterocycles. The molecule has 148 valence electrons. The molecule has 0 bridgehead atoms. The third-order valence-corrected chi connectivity index (χ3v) is 4.15. The fraction of sp³-hybridized carbons (Fsp3) is 0.368. The molecule has 0 aromatic carbocycles. The summed E-state index contributed by atoms with van der Waals surface area (Å²) >= 11 is 1.41. The van der Waals surface area contributed by atoms with Crippen LogP contribution in [0.15, 0.2) is 30.1 Å². The van der Waals surface area contributed by atoms with Gasteiger partial charge in [0, 0.05) is 17.5 Å². The van der Waals surface area contributed by atoms with Crippen LogP contribution >= 0.6 is 11.8 Å². The lowest BCUT2D eigenvalue weighted by Crippen LogP contribution is -2.19. The van der Waals surface area contributed by atoms with Gasteiger partial charge in [-0.3, -0.25) is 4.98 Å². The largest absolute Gasteiger partial charge is 0.484 e. The molecule has 2 rings (SSSR count). The Balaban J connectivity index is 0.00000176. The number of hydrogen-bond donors (Lipinski definition) is 1. The zero-order valence-corrected chi connectivity index (χ0v) is 16.7. The fourth-order valence-electron chi connectivity index (χ4n) is 2.05. The van der Waals surface area contributed by atoms with Crippen LogP contribution in [0, 0.1) is 6.92 Å². The first-order valence-electron chi connectivity index (χ1n) is 8.46. The molecule has 1 N–H and O–H groups in total. The maximum atomic E-state index is 12.3. The van der Waals surface area contributed by atoms with Crippen LogP contribution < -0.4 is 4.74 Å². The molecule has 0 radical (unpaired) electrons. The van der Waals surface area contributed by atoms with Crippen molar-refractivity contribution in [2.24, 2.45) is 0 Å². The second kappa shape index (κ2) is 10.8. The number of hydrogen-bond acceptors (Lipinski definition) is 4.